The molecule has 0 amide bonds. The Morgan fingerprint density at radius 2 is 2.15 bits per heavy atom. The maximum Gasteiger partial charge on any atom is 0.305 e. The van der Waals surface area contributed by atoms with Crippen LogP contribution in [0.25, 0.3) is 0 Å². The second-order valence-corrected chi connectivity index (χ2v) is 11.9. The molecular weight excluding hydrogens is 629 g/mol. The summed E-state index contributed by atoms with van der Waals surface area (Å²) in [5.74, 6) is 0.114. The number of benzene rings is 1. The second-order valence-electron chi connectivity index (χ2n) is 9.79. The Balaban J connectivity index is 2.08. The molecule has 8 nitrogen and oxygen atoms in total. The smallest absolute Gasteiger partial charge is 0.305 e. The molecule has 2 atom stereocenters. The van der Waals surface area contributed by atoms with Crippen molar-refractivity contribution in [2.75, 3.05) is 39.3 Å². The van der Waals surface area contributed by atoms with Gasteiger partial charge >= 0.3 is 5.97 Å². The Kier molecular flexibility index (Phi) is 17.0. The van der Waals surface area contributed by atoms with Crippen LogP contribution in [0.5, 0.6) is 5.75 Å². The fraction of sp³-hybridized carbons (Fsp3) is 0.438. The lowest BCUT2D eigenvalue weighted by Gasteiger charge is -2.44. The SMILES string of the molecule is C=CC=C(C=CCC(=CC=INCCCCC(=O)OCC)N=N)C(c1cccc(O)c1)N1CCN(CC=C)CC1C. The third-order valence-corrected chi connectivity index (χ3v) is 8.38. The van der Waals surface area contributed by atoms with Crippen molar-refractivity contribution in [3.05, 3.63) is 90.7 Å². The summed E-state index contributed by atoms with van der Waals surface area (Å²) < 4.78 is 10.5. The highest BCUT2D eigenvalue weighted by Gasteiger charge is 2.31. The molecule has 0 saturated carbocycles. The van der Waals surface area contributed by atoms with Crippen LogP contribution in [0.15, 0.2) is 90.3 Å². The van der Waals surface area contributed by atoms with Gasteiger partial charge in [-0.3, -0.25) is 18.1 Å². The predicted molar refractivity (Wildman–Crippen MR) is 177 cm³/mol. The van der Waals surface area contributed by atoms with E-state index < -0.39 is 0 Å². The Morgan fingerprint density at radius 3 is 2.83 bits per heavy atom. The van der Waals surface area contributed by atoms with Gasteiger partial charge in [0.2, 0.25) is 0 Å². The molecule has 0 aromatic heterocycles. The summed E-state index contributed by atoms with van der Waals surface area (Å²) in [4.78, 5) is 16.3. The number of carbonyl (C=O) groups excluding carboxylic acids is 1. The molecule has 1 aromatic carbocycles. The molecule has 0 bridgehead atoms. The van der Waals surface area contributed by atoms with Crippen molar-refractivity contribution < 1.29 is 14.6 Å². The number of nitrogens with zero attached hydrogens (tertiary/aromatic N) is 3. The molecule has 224 valence electrons. The summed E-state index contributed by atoms with van der Waals surface area (Å²) in [5, 5.41) is 14.0. The lowest BCUT2D eigenvalue weighted by Crippen LogP contribution is -2.53. The Labute approximate surface area is 256 Å². The van der Waals surface area contributed by atoms with Crippen LogP contribution >= 0.6 is 21.0 Å². The highest BCUT2D eigenvalue weighted by atomic mass is 127. The molecule has 1 aliphatic heterocycles. The molecule has 41 heavy (non-hydrogen) atoms. The molecule has 1 fully saturated rings. The van der Waals surface area contributed by atoms with Crippen molar-refractivity contribution in [2.24, 2.45) is 5.11 Å². The highest BCUT2D eigenvalue weighted by molar-refractivity contribution is 14.2. The number of nitrogens with one attached hydrogen (secondary N) is 2. The number of phenols is 1. The van der Waals surface area contributed by atoms with Gasteiger partial charge in [-0.15, -0.1) is 6.58 Å². The number of piperazine rings is 1. The lowest BCUT2D eigenvalue weighted by atomic mass is 9.93. The largest absolute Gasteiger partial charge is 0.508 e. The summed E-state index contributed by atoms with van der Waals surface area (Å²) in [5.41, 5.74) is 10.4. The Hall–Kier alpha value is -2.73. The van der Waals surface area contributed by atoms with Crippen molar-refractivity contribution >= 4 is 31.0 Å². The topological polar surface area (TPSA) is 101 Å². The van der Waals surface area contributed by atoms with Crippen molar-refractivity contribution in [3.8, 4) is 5.75 Å². The molecule has 0 aliphatic carbocycles. The van der Waals surface area contributed by atoms with Crippen LogP contribution in [0.3, 0.4) is 0 Å². The molecule has 2 unspecified atom stereocenters. The van der Waals surface area contributed by atoms with Crippen LogP contribution in [-0.4, -0.2) is 70.3 Å². The van der Waals surface area contributed by atoms with E-state index in [9.17, 15) is 9.90 Å². The number of carbonyl (C=O) groups is 1. The standard InChI is InChI=1S/C32H46IN5O3/c1-5-12-27(13-10-15-29(36-34)18-19-33-35-20-9-8-17-31(40)41-7-3)32(28-14-11-16-30(39)24-28)38-23-22-37(21-6-2)25-26(38)4/h5-6,10-14,16,18-19,24,26,32,34-35,39H,1-2,7-9,15,17,20-23,25H2,3-4H3. The molecule has 9 heteroatoms. The minimum absolute atomic E-state index is 0.0527. The fourth-order valence-electron chi connectivity index (χ4n) is 4.79. The summed E-state index contributed by atoms with van der Waals surface area (Å²) in [7, 11) is 0. The van der Waals surface area contributed by atoms with Crippen LogP contribution in [-0.2, 0) is 9.53 Å². The number of phenolic OH excluding ortho intramolecular Hbond substituents is 1. The number of ether oxygens (including phenoxy) is 1. The first-order valence-electron chi connectivity index (χ1n) is 14.2. The Morgan fingerprint density at radius 1 is 1.32 bits per heavy atom. The number of esters is 1. The van der Waals surface area contributed by atoms with Crippen molar-refractivity contribution in [1.29, 1.82) is 5.53 Å². The zero-order valence-electron chi connectivity index (χ0n) is 24.5. The molecule has 1 saturated heterocycles. The maximum absolute atomic E-state index is 11.4. The maximum atomic E-state index is 11.4. The molecule has 3 N–H and O–H groups in total. The van der Waals surface area contributed by atoms with Gasteiger partial charge in [0.25, 0.3) is 0 Å². The lowest BCUT2D eigenvalue weighted by molar-refractivity contribution is -0.143. The third-order valence-electron chi connectivity index (χ3n) is 6.68. The minimum atomic E-state index is -0.356. The number of hydrogen-bond donors (Lipinski definition) is 3. The Bertz CT molecular complexity index is 1110. The number of aromatic hydroxyl groups is 1. The van der Waals surface area contributed by atoms with E-state index >= 15 is 0 Å². The van der Waals surface area contributed by atoms with Gasteiger partial charge in [-0.05, 0) is 81.1 Å². The van der Waals surface area contributed by atoms with Gasteiger partial charge in [-0.2, -0.15) is 5.11 Å². The normalized spacial score (nSPS) is 18.2. The van der Waals surface area contributed by atoms with E-state index in [2.05, 4.69) is 54.7 Å². The van der Waals surface area contributed by atoms with E-state index in [0.717, 1.165) is 56.7 Å². The van der Waals surface area contributed by atoms with Crippen LogP contribution < -0.4 is 3.53 Å². The molecule has 0 spiro atoms. The van der Waals surface area contributed by atoms with Crippen LogP contribution in [0.2, 0.25) is 0 Å². The third kappa shape index (κ3) is 12.8. The van der Waals surface area contributed by atoms with Gasteiger partial charge < -0.3 is 9.84 Å². The monoisotopic (exact) mass is 675 g/mol. The van der Waals surface area contributed by atoms with E-state index in [1.54, 1.807) is 12.1 Å². The average molecular weight is 676 g/mol. The first-order chi connectivity index (χ1) is 19.9. The summed E-state index contributed by atoms with van der Waals surface area (Å²) in [6.45, 7) is 16.8. The van der Waals surface area contributed by atoms with Crippen molar-refractivity contribution in [1.82, 2.24) is 13.3 Å². The van der Waals surface area contributed by atoms with E-state index in [1.807, 2.05) is 43.4 Å². The zero-order chi connectivity index (χ0) is 29.9. The fourth-order valence-corrected chi connectivity index (χ4v) is 6.33. The number of allylic oxidation sites excluding steroid dienone is 4. The molecular formula is C32H46IN5O3. The first-order valence-corrected chi connectivity index (χ1v) is 16.5. The quantitative estimate of drug-likeness (QED) is 0.0308. The highest BCUT2D eigenvalue weighted by Crippen LogP contribution is 2.34. The van der Waals surface area contributed by atoms with Gasteiger partial charge in [-0.1, -0.05) is 49.1 Å². The van der Waals surface area contributed by atoms with Gasteiger partial charge in [0.15, 0.2) is 0 Å². The minimum Gasteiger partial charge on any atom is -0.508 e. The number of unbranched alkanes of at least 4 members (excludes halogenated alkanes) is 1. The molecule has 1 aliphatic rings. The van der Waals surface area contributed by atoms with Crippen molar-refractivity contribution in [3.63, 3.8) is 0 Å². The summed E-state index contributed by atoms with van der Waals surface area (Å²) >= 11 is -0.356. The summed E-state index contributed by atoms with van der Waals surface area (Å²) in [6, 6.07) is 7.73. The number of halogens is 1. The average Bonchev–Trinajstić information content (AvgIpc) is 2.95. The van der Waals surface area contributed by atoms with E-state index in [4.69, 9.17) is 10.3 Å². The van der Waals surface area contributed by atoms with E-state index in [0.29, 0.717) is 31.2 Å². The van der Waals surface area contributed by atoms with E-state index in [1.165, 1.54) is 0 Å². The van der Waals surface area contributed by atoms with Crippen LogP contribution in [0.1, 0.15) is 51.1 Å². The number of hydrogen-bond acceptors (Lipinski definition) is 8. The number of rotatable bonds is 18. The second kappa shape index (κ2) is 20.2. The summed E-state index contributed by atoms with van der Waals surface area (Å²) in [6.07, 6.45) is 14.6. The molecule has 0 radical (unpaired) electrons. The van der Waals surface area contributed by atoms with Gasteiger partial charge in [0.05, 0.1) is 18.3 Å². The van der Waals surface area contributed by atoms with Gasteiger partial charge in [0, 0.05) is 51.6 Å². The predicted octanol–water partition coefficient (Wildman–Crippen LogP) is 6.61. The molecule has 2 rings (SSSR count). The first kappa shape index (κ1) is 34.5. The van der Waals surface area contributed by atoms with Crippen LogP contribution in [0.4, 0.5) is 0 Å². The molecule has 1 heterocycles. The van der Waals surface area contributed by atoms with E-state index in [-0.39, 0.29) is 38.8 Å². The zero-order valence-corrected chi connectivity index (χ0v) is 26.6. The molecule has 1 aromatic rings. The van der Waals surface area contributed by atoms with Gasteiger partial charge in [-0.25, -0.2) is 5.53 Å². The van der Waals surface area contributed by atoms with Crippen molar-refractivity contribution in [2.45, 2.75) is 51.6 Å². The van der Waals surface area contributed by atoms with Gasteiger partial charge in [0.1, 0.15) is 5.75 Å². The van der Waals surface area contributed by atoms with Crippen LogP contribution in [0, 0.1) is 5.53 Å².